The van der Waals surface area contributed by atoms with E-state index in [4.69, 9.17) is 4.74 Å². The number of halogens is 1. The molecule has 1 saturated heterocycles. The third kappa shape index (κ3) is 6.34. The van der Waals surface area contributed by atoms with Gasteiger partial charge in [0.25, 0.3) is 0 Å². The lowest BCUT2D eigenvalue weighted by molar-refractivity contribution is -0.117. The molecule has 1 heterocycles. The number of nitrogens with zero attached hydrogens (tertiary/aromatic N) is 1. The first-order chi connectivity index (χ1) is 11.1. The largest absolute Gasteiger partial charge is 0.450 e. The highest BCUT2D eigenvalue weighted by Crippen LogP contribution is 2.13. The predicted octanol–water partition coefficient (Wildman–Crippen LogP) is 2.44. The second kappa shape index (κ2) is 9.07. The second-order valence-electron chi connectivity index (χ2n) is 5.49. The third-order valence-corrected chi connectivity index (χ3v) is 4.32. The number of carbonyl (C=O) groups is 2. The van der Waals surface area contributed by atoms with Gasteiger partial charge in [-0.25, -0.2) is 4.79 Å². The quantitative estimate of drug-likeness (QED) is 0.703. The molecule has 126 valence electrons. The van der Waals surface area contributed by atoms with Crippen LogP contribution in [-0.2, 0) is 9.53 Å². The average molecular weight is 431 g/mol. The molecule has 0 radical (unpaired) electrons. The van der Waals surface area contributed by atoms with Crippen molar-refractivity contribution in [3.63, 3.8) is 0 Å². The minimum absolute atomic E-state index is 0.0360. The maximum absolute atomic E-state index is 12.1. The molecule has 1 aromatic rings. The minimum Gasteiger partial charge on any atom is -0.450 e. The summed E-state index contributed by atoms with van der Waals surface area (Å²) in [5.74, 6) is -0.0389. The number of hydrogen-bond donors (Lipinski definition) is 2. The molecule has 2 N–H and O–H groups in total. The Bertz CT molecular complexity index is 536. The zero-order chi connectivity index (χ0) is 16.7. The van der Waals surface area contributed by atoms with E-state index in [1.807, 2.05) is 24.3 Å². The van der Waals surface area contributed by atoms with Gasteiger partial charge in [0.15, 0.2) is 0 Å². The molecule has 0 spiro atoms. The molecule has 0 aromatic heterocycles. The van der Waals surface area contributed by atoms with Crippen LogP contribution in [0, 0.1) is 3.57 Å². The highest BCUT2D eigenvalue weighted by Gasteiger charge is 2.23. The Labute approximate surface area is 150 Å². The molecule has 1 unspecified atom stereocenters. The van der Waals surface area contributed by atoms with Gasteiger partial charge in [-0.2, -0.15) is 0 Å². The van der Waals surface area contributed by atoms with Crippen LogP contribution < -0.4 is 10.6 Å². The van der Waals surface area contributed by atoms with Gasteiger partial charge in [0, 0.05) is 21.8 Å². The van der Waals surface area contributed by atoms with Crippen molar-refractivity contribution < 1.29 is 14.3 Å². The van der Waals surface area contributed by atoms with Crippen molar-refractivity contribution in [2.45, 2.75) is 25.8 Å². The lowest BCUT2D eigenvalue weighted by atomic mass is 10.1. The summed E-state index contributed by atoms with van der Waals surface area (Å²) in [5, 5.41) is 5.74. The molecule has 7 heteroatoms. The normalized spacial score (nSPS) is 18.3. The number of rotatable bonds is 5. The van der Waals surface area contributed by atoms with E-state index in [1.165, 1.54) is 0 Å². The summed E-state index contributed by atoms with van der Waals surface area (Å²) in [6.45, 7) is 4.00. The van der Waals surface area contributed by atoms with Crippen LogP contribution in [0.15, 0.2) is 24.3 Å². The van der Waals surface area contributed by atoms with Gasteiger partial charge in [0.1, 0.15) is 0 Å². The third-order valence-electron chi connectivity index (χ3n) is 3.60. The van der Waals surface area contributed by atoms with E-state index >= 15 is 0 Å². The molecule has 0 aliphatic carbocycles. The van der Waals surface area contributed by atoms with Gasteiger partial charge >= 0.3 is 6.09 Å². The number of nitrogens with one attached hydrogen (secondary N) is 2. The lowest BCUT2D eigenvalue weighted by Gasteiger charge is -2.32. The zero-order valence-corrected chi connectivity index (χ0v) is 15.3. The summed E-state index contributed by atoms with van der Waals surface area (Å²) in [5.41, 5.74) is 0.800. The van der Waals surface area contributed by atoms with Crippen LogP contribution in [0.25, 0.3) is 0 Å². The number of carbonyl (C=O) groups excluding carboxylic acids is 2. The van der Waals surface area contributed by atoms with E-state index in [2.05, 4.69) is 38.1 Å². The molecule has 1 aliphatic heterocycles. The van der Waals surface area contributed by atoms with Crippen LogP contribution in [0.1, 0.15) is 19.8 Å². The Kier molecular flexibility index (Phi) is 7.10. The van der Waals surface area contributed by atoms with E-state index in [0.29, 0.717) is 19.7 Å². The van der Waals surface area contributed by atoms with Gasteiger partial charge in [-0.15, -0.1) is 0 Å². The first-order valence-electron chi connectivity index (χ1n) is 7.78. The van der Waals surface area contributed by atoms with Crippen molar-refractivity contribution in [1.29, 1.82) is 0 Å². The van der Waals surface area contributed by atoms with Crippen molar-refractivity contribution in [1.82, 2.24) is 10.2 Å². The average Bonchev–Trinajstić information content (AvgIpc) is 2.50. The van der Waals surface area contributed by atoms with Crippen molar-refractivity contribution in [2.75, 3.05) is 31.6 Å². The molecule has 1 fully saturated rings. The minimum atomic E-state index is -0.386. The molecule has 2 rings (SSSR count). The van der Waals surface area contributed by atoms with Gasteiger partial charge in [0.05, 0.1) is 13.2 Å². The Morgan fingerprint density at radius 1 is 1.35 bits per heavy atom. The molecule has 0 bridgehead atoms. The maximum atomic E-state index is 12.1. The zero-order valence-electron chi connectivity index (χ0n) is 13.2. The topological polar surface area (TPSA) is 70.7 Å². The van der Waals surface area contributed by atoms with E-state index in [0.717, 1.165) is 28.6 Å². The summed E-state index contributed by atoms with van der Waals surface area (Å²) < 4.78 is 6.03. The van der Waals surface area contributed by atoms with Gasteiger partial charge in [-0.1, -0.05) is 0 Å². The van der Waals surface area contributed by atoms with Crippen LogP contribution in [0.5, 0.6) is 0 Å². The highest BCUT2D eigenvalue weighted by molar-refractivity contribution is 14.1. The van der Waals surface area contributed by atoms with Crippen molar-refractivity contribution in [3.8, 4) is 0 Å². The molecule has 1 atom stereocenters. The van der Waals surface area contributed by atoms with Crippen molar-refractivity contribution in [2.24, 2.45) is 0 Å². The fraction of sp³-hybridized carbons (Fsp3) is 0.500. The Morgan fingerprint density at radius 3 is 2.78 bits per heavy atom. The number of likely N-dealkylation sites (tertiary alicyclic amines) is 1. The molecule has 0 saturated carbocycles. The molecule has 23 heavy (non-hydrogen) atoms. The lowest BCUT2D eigenvalue weighted by Crippen LogP contribution is -2.49. The highest BCUT2D eigenvalue weighted by atomic mass is 127. The Morgan fingerprint density at radius 2 is 2.09 bits per heavy atom. The van der Waals surface area contributed by atoms with Crippen LogP contribution in [0.2, 0.25) is 0 Å². The standard InChI is InChI=1S/C16H22IN3O3/c1-2-23-16(22)19-14-4-3-9-20(10-14)11-15(21)18-13-7-5-12(17)6-8-13/h5-8,14H,2-4,9-11H2,1H3,(H,18,21)(H,19,22). The first kappa shape index (κ1) is 18.0. The Hall–Kier alpha value is -1.35. The summed E-state index contributed by atoms with van der Waals surface area (Å²) in [7, 11) is 0. The van der Waals surface area contributed by atoms with E-state index < -0.39 is 0 Å². The predicted molar refractivity (Wildman–Crippen MR) is 97.4 cm³/mol. The molecule has 2 amide bonds. The van der Waals surface area contributed by atoms with Gasteiger partial charge in [-0.3, -0.25) is 9.69 Å². The fourth-order valence-corrected chi connectivity index (χ4v) is 2.95. The summed E-state index contributed by atoms with van der Waals surface area (Å²) in [4.78, 5) is 25.7. The summed E-state index contributed by atoms with van der Waals surface area (Å²) >= 11 is 2.23. The van der Waals surface area contributed by atoms with Crippen LogP contribution in [-0.4, -0.2) is 49.2 Å². The van der Waals surface area contributed by atoms with Crippen LogP contribution in [0.3, 0.4) is 0 Å². The number of amides is 2. The second-order valence-corrected chi connectivity index (χ2v) is 6.74. The Balaban J connectivity index is 1.78. The smallest absolute Gasteiger partial charge is 0.407 e. The van der Waals surface area contributed by atoms with Crippen molar-refractivity contribution in [3.05, 3.63) is 27.8 Å². The fourth-order valence-electron chi connectivity index (χ4n) is 2.59. The number of anilines is 1. The maximum Gasteiger partial charge on any atom is 0.407 e. The number of alkyl carbamates (subject to hydrolysis) is 1. The van der Waals surface area contributed by atoms with Gasteiger partial charge < -0.3 is 15.4 Å². The molecule has 6 nitrogen and oxygen atoms in total. The number of benzene rings is 1. The number of hydrogen-bond acceptors (Lipinski definition) is 4. The van der Waals surface area contributed by atoms with E-state index in [1.54, 1.807) is 6.92 Å². The summed E-state index contributed by atoms with van der Waals surface area (Å²) in [6.07, 6.45) is 1.48. The van der Waals surface area contributed by atoms with Gasteiger partial charge in [-0.05, 0) is 73.2 Å². The number of piperidine rings is 1. The van der Waals surface area contributed by atoms with Crippen LogP contribution in [0.4, 0.5) is 10.5 Å². The SMILES string of the molecule is CCOC(=O)NC1CCCN(CC(=O)Nc2ccc(I)cc2)C1. The van der Waals surface area contributed by atoms with E-state index in [9.17, 15) is 9.59 Å². The van der Waals surface area contributed by atoms with Gasteiger partial charge in [0.2, 0.25) is 5.91 Å². The molecular weight excluding hydrogens is 409 g/mol. The monoisotopic (exact) mass is 431 g/mol. The number of ether oxygens (including phenoxy) is 1. The van der Waals surface area contributed by atoms with Crippen LogP contribution >= 0.6 is 22.6 Å². The van der Waals surface area contributed by atoms with E-state index in [-0.39, 0.29) is 18.0 Å². The molecule has 1 aliphatic rings. The molecular formula is C16H22IN3O3. The van der Waals surface area contributed by atoms with Crippen molar-refractivity contribution >= 4 is 40.3 Å². The summed E-state index contributed by atoms with van der Waals surface area (Å²) in [6, 6.07) is 7.73. The first-order valence-corrected chi connectivity index (χ1v) is 8.85. The molecule has 1 aromatic carbocycles.